The molecule has 0 atom stereocenters. The fraction of sp³-hybridized carbons (Fsp3) is 0.400. The highest BCUT2D eigenvalue weighted by Crippen LogP contribution is 2.39. The Morgan fingerprint density at radius 3 is 2.74 bits per heavy atom. The van der Waals surface area contributed by atoms with E-state index in [0.717, 1.165) is 16.8 Å². The smallest absolute Gasteiger partial charge is 0.256 e. The number of fused-ring (bicyclic) bond motifs is 1. The van der Waals surface area contributed by atoms with Crippen LogP contribution in [-0.2, 0) is 6.54 Å². The lowest BCUT2D eigenvalue weighted by Crippen LogP contribution is -2.39. The summed E-state index contributed by atoms with van der Waals surface area (Å²) in [6.07, 6.45) is 0.242. The molecular weight excluding hydrogens is 414 g/mol. The van der Waals surface area contributed by atoms with Crippen LogP contribution in [0, 0.1) is 13.8 Å². The quantitative estimate of drug-likeness (QED) is 0.371. The van der Waals surface area contributed by atoms with Crippen LogP contribution in [0.4, 0.5) is 17.6 Å². The second-order valence-electron chi connectivity index (χ2n) is 7.55. The first-order valence-corrected chi connectivity index (χ1v) is 9.65. The second kappa shape index (κ2) is 7.78. The Bertz CT molecular complexity index is 1150. The summed E-state index contributed by atoms with van der Waals surface area (Å²) in [5.41, 5.74) is 6.18. The lowest BCUT2D eigenvalue weighted by molar-refractivity contribution is -0.0834. The topological polar surface area (TPSA) is 72.4 Å². The van der Waals surface area contributed by atoms with E-state index < -0.39 is 24.9 Å². The molecule has 31 heavy (non-hydrogen) atoms. The molecule has 4 rings (SSSR count). The summed E-state index contributed by atoms with van der Waals surface area (Å²) in [5.74, 6) is -2.06. The molecule has 0 aromatic carbocycles. The maximum Gasteiger partial charge on any atom is 0.256 e. The summed E-state index contributed by atoms with van der Waals surface area (Å²) >= 11 is 0. The van der Waals surface area contributed by atoms with Gasteiger partial charge in [0.1, 0.15) is 5.82 Å². The van der Waals surface area contributed by atoms with Crippen LogP contribution in [0.1, 0.15) is 24.4 Å². The second-order valence-corrected chi connectivity index (χ2v) is 7.55. The van der Waals surface area contributed by atoms with E-state index in [4.69, 9.17) is 0 Å². The molecule has 0 amide bonds. The number of nitrogens with one attached hydrogen (secondary N) is 1. The number of rotatable bonds is 5. The van der Waals surface area contributed by atoms with Crippen molar-refractivity contribution in [3.05, 3.63) is 36.0 Å². The fourth-order valence-corrected chi connectivity index (χ4v) is 3.68. The highest BCUT2D eigenvalue weighted by atomic mass is 19.3. The van der Waals surface area contributed by atoms with Crippen molar-refractivity contribution in [3.8, 4) is 11.1 Å². The minimum absolute atomic E-state index is 0.143. The van der Waals surface area contributed by atoms with Gasteiger partial charge in [-0.2, -0.15) is 0 Å². The van der Waals surface area contributed by atoms with Crippen molar-refractivity contribution in [3.63, 3.8) is 0 Å². The molecule has 7 nitrogen and oxygen atoms in total. The Hall–Kier alpha value is -3.24. The molecule has 164 valence electrons. The van der Waals surface area contributed by atoms with E-state index in [-0.39, 0.29) is 18.8 Å². The molecule has 0 aliphatic heterocycles. The van der Waals surface area contributed by atoms with Crippen LogP contribution in [0.2, 0.25) is 0 Å². The zero-order valence-corrected chi connectivity index (χ0v) is 17.0. The Morgan fingerprint density at radius 1 is 1.35 bits per heavy atom. The van der Waals surface area contributed by atoms with Gasteiger partial charge < -0.3 is 4.57 Å². The van der Waals surface area contributed by atoms with E-state index in [1.54, 1.807) is 30.1 Å². The maximum absolute atomic E-state index is 13.0. The molecule has 1 aliphatic rings. The highest BCUT2D eigenvalue weighted by Gasteiger charge is 2.45. The zero-order chi connectivity index (χ0) is 22.3. The number of hydrogen-bond acceptors (Lipinski definition) is 3. The predicted molar refractivity (Wildman–Crippen MR) is 111 cm³/mol. The van der Waals surface area contributed by atoms with Gasteiger partial charge in [0.15, 0.2) is 5.65 Å². The Kier molecular flexibility index (Phi) is 5.28. The third kappa shape index (κ3) is 4.17. The number of guanidine groups is 1. The molecule has 0 spiro atoms. The molecule has 0 saturated heterocycles. The number of hydrogen-bond donors (Lipinski definition) is 1. The normalized spacial score (nSPS) is 16.7. The van der Waals surface area contributed by atoms with Gasteiger partial charge in [0.25, 0.3) is 12.3 Å². The molecule has 3 aromatic rings. The van der Waals surface area contributed by atoms with Crippen LogP contribution < -0.4 is 5.43 Å². The van der Waals surface area contributed by atoms with Crippen molar-refractivity contribution in [1.29, 1.82) is 0 Å². The van der Waals surface area contributed by atoms with Gasteiger partial charge in [-0.15, -0.1) is 0 Å². The Morgan fingerprint density at radius 2 is 2.10 bits per heavy atom. The van der Waals surface area contributed by atoms with E-state index in [1.165, 1.54) is 4.57 Å². The summed E-state index contributed by atoms with van der Waals surface area (Å²) in [6, 6.07) is 3.10. The first kappa shape index (κ1) is 21.0. The number of aryl methyl sites for hydroxylation is 1. The molecule has 1 aliphatic carbocycles. The number of aromatic nitrogens is 4. The van der Waals surface area contributed by atoms with Gasteiger partial charge in [-0.3, -0.25) is 10.1 Å². The predicted octanol–water partition coefficient (Wildman–Crippen LogP) is 4.18. The first-order valence-electron chi connectivity index (χ1n) is 9.65. The molecule has 0 unspecified atom stereocenters. The average molecular weight is 435 g/mol. The first-order chi connectivity index (χ1) is 14.7. The van der Waals surface area contributed by atoms with Gasteiger partial charge in [-0.05, 0) is 32.7 Å². The summed E-state index contributed by atoms with van der Waals surface area (Å²) in [5, 5.41) is 0. The van der Waals surface area contributed by atoms with Gasteiger partial charge in [0.2, 0.25) is 5.96 Å². The maximum atomic E-state index is 13.0. The summed E-state index contributed by atoms with van der Waals surface area (Å²) in [4.78, 5) is 16.5. The number of aliphatic imine (C=N–C) groups is 2. The molecule has 0 bridgehead atoms. The van der Waals surface area contributed by atoms with Crippen LogP contribution in [0.3, 0.4) is 0 Å². The van der Waals surface area contributed by atoms with Crippen molar-refractivity contribution in [1.82, 2.24) is 19.2 Å². The van der Waals surface area contributed by atoms with Gasteiger partial charge in [0, 0.05) is 42.1 Å². The molecule has 1 saturated carbocycles. The van der Waals surface area contributed by atoms with E-state index >= 15 is 0 Å². The van der Waals surface area contributed by atoms with Crippen molar-refractivity contribution in [2.24, 2.45) is 9.98 Å². The van der Waals surface area contributed by atoms with E-state index in [0.29, 0.717) is 17.0 Å². The highest BCUT2D eigenvalue weighted by molar-refractivity contribution is 5.91. The molecule has 1 fully saturated rings. The number of halogens is 4. The largest absolute Gasteiger partial charge is 0.321 e. The van der Waals surface area contributed by atoms with Crippen molar-refractivity contribution in [2.45, 2.75) is 51.6 Å². The molecule has 1 N–H and O–H groups in total. The molecule has 11 heteroatoms. The molecule has 3 aromatic heterocycles. The molecule has 3 heterocycles. The van der Waals surface area contributed by atoms with E-state index in [9.17, 15) is 17.6 Å². The van der Waals surface area contributed by atoms with Crippen LogP contribution in [-0.4, -0.2) is 50.3 Å². The third-order valence-corrected chi connectivity index (χ3v) is 5.31. The van der Waals surface area contributed by atoms with Gasteiger partial charge in [-0.25, -0.2) is 37.5 Å². The number of pyridine rings is 1. The van der Waals surface area contributed by atoms with Gasteiger partial charge >= 0.3 is 0 Å². The Balaban J connectivity index is 1.61. The number of nitrogens with zero attached hydrogens (tertiary/aromatic N) is 6. The van der Waals surface area contributed by atoms with Crippen LogP contribution in [0.5, 0.6) is 0 Å². The summed E-state index contributed by atoms with van der Waals surface area (Å²) in [6.45, 7) is 6.49. The monoisotopic (exact) mass is 435 g/mol. The number of alkyl halides is 4. The standard InChI is InChI=1S/C20H21F4N7/c1-11-15(4-5-31(11)29-19(25-3)28-14-7-20(23,24)8-14)13-6-16-18(26-9-13)27-12(2)30(16)10-17(21)22/h4-6,9,14,17H,3,7-8,10H2,1-2H3,(H,28,29). The molecular formula is C20H21F4N7. The van der Waals surface area contributed by atoms with Crippen molar-refractivity contribution < 1.29 is 17.6 Å². The third-order valence-electron chi connectivity index (χ3n) is 5.31. The van der Waals surface area contributed by atoms with Crippen LogP contribution >= 0.6 is 0 Å². The minimum Gasteiger partial charge on any atom is -0.321 e. The summed E-state index contributed by atoms with van der Waals surface area (Å²) in [7, 11) is 0. The minimum atomic E-state index is -2.67. The fourth-order valence-electron chi connectivity index (χ4n) is 3.68. The lowest BCUT2D eigenvalue weighted by Gasteiger charge is -2.32. The molecule has 0 radical (unpaired) electrons. The van der Waals surface area contributed by atoms with Crippen LogP contribution in [0.25, 0.3) is 22.3 Å². The SMILES string of the molecule is C=NC(=NC1CC(F)(F)C1)Nn1ccc(-c2cnc3nc(C)n(CC(F)F)c3c2)c1C. The van der Waals surface area contributed by atoms with Gasteiger partial charge in [0.05, 0.1) is 18.1 Å². The van der Waals surface area contributed by atoms with Gasteiger partial charge in [-0.1, -0.05) is 0 Å². The van der Waals surface area contributed by atoms with E-state index in [1.807, 2.05) is 13.0 Å². The lowest BCUT2D eigenvalue weighted by atomic mass is 9.89. The number of imidazole rings is 1. The zero-order valence-electron chi connectivity index (χ0n) is 17.0. The van der Waals surface area contributed by atoms with Crippen LogP contribution in [0.15, 0.2) is 34.5 Å². The van der Waals surface area contributed by atoms with Crippen molar-refractivity contribution >= 4 is 23.8 Å². The van der Waals surface area contributed by atoms with Crippen molar-refractivity contribution in [2.75, 3.05) is 5.43 Å². The van der Waals surface area contributed by atoms with E-state index in [2.05, 4.69) is 32.1 Å². The summed E-state index contributed by atoms with van der Waals surface area (Å²) < 4.78 is 55.1. The average Bonchev–Trinajstić information content (AvgIpc) is 3.19. The Labute approximate surface area is 175 Å².